The maximum atomic E-state index is 12.8. The van der Waals surface area contributed by atoms with Crippen LogP contribution in [-0.2, 0) is 13.5 Å². The number of hydrogen-bond donors (Lipinski definition) is 2. The highest BCUT2D eigenvalue weighted by molar-refractivity contribution is 6.05. The van der Waals surface area contributed by atoms with Gasteiger partial charge in [-0.05, 0) is 49.6 Å². The zero-order valence-corrected chi connectivity index (χ0v) is 18.6. The number of nitrogens with zero attached hydrogens (tertiary/aromatic N) is 4. The van der Waals surface area contributed by atoms with E-state index in [0.29, 0.717) is 38.2 Å². The van der Waals surface area contributed by atoms with Crippen molar-refractivity contribution in [1.29, 1.82) is 0 Å². The molecule has 3 heterocycles. The van der Waals surface area contributed by atoms with Crippen LogP contribution in [0.15, 0.2) is 41.5 Å². The van der Waals surface area contributed by atoms with Crippen LogP contribution in [0.25, 0.3) is 22.0 Å². The Kier molecular flexibility index (Phi) is 4.89. The van der Waals surface area contributed by atoms with E-state index in [1.165, 1.54) is 0 Å². The van der Waals surface area contributed by atoms with Crippen molar-refractivity contribution in [2.45, 2.75) is 31.8 Å². The number of piperidine rings is 1. The number of hydrogen-bond acceptors (Lipinski definition) is 5. The summed E-state index contributed by atoms with van der Waals surface area (Å²) < 4.78 is 7.43. The fourth-order valence-electron chi connectivity index (χ4n) is 4.48. The molecule has 0 aliphatic carbocycles. The molecule has 0 radical (unpaired) electrons. The number of aliphatic hydroxyl groups is 1. The van der Waals surface area contributed by atoms with E-state index in [0.717, 1.165) is 39.0 Å². The lowest BCUT2D eigenvalue weighted by molar-refractivity contribution is 0.00483. The molecule has 2 aliphatic rings. The molecule has 2 amide bonds. The van der Waals surface area contributed by atoms with Gasteiger partial charge in [0.2, 0.25) is 0 Å². The molecular weight excluding hydrogens is 406 g/mol. The third-order valence-electron chi connectivity index (χ3n) is 6.49. The number of ether oxygens (including phenoxy) is 1. The topological polar surface area (TPSA) is 92.0 Å². The predicted octanol–water partition coefficient (Wildman–Crippen LogP) is 3.39. The predicted molar refractivity (Wildman–Crippen MR) is 123 cm³/mol. The monoisotopic (exact) mass is 433 g/mol. The highest BCUT2D eigenvalue weighted by Gasteiger charge is 2.31. The number of likely N-dealkylation sites (tertiary alicyclic amines) is 1. The van der Waals surface area contributed by atoms with Crippen LogP contribution in [0.2, 0.25) is 0 Å². The number of carbonyl (C=O) groups excluding carboxylic acids is 1. The van der Waals surface area contributed by atoms with E-state index >= 15 is 0 Å². The van der Waals surface area contributed by atoms with Crippen molar-refractivity contribution in [1.82, 2.24) is 20.0 Å². The van der Waals surface area contributed by atoms with Crippen LogP contribution in [0.1, 0.15) is 25.3 Å². The number of aliphatic imine (C=N–C) groups is 1. The van der Waals surface area contributed by atoms with Gasteiger partial charge in [-0.1, -0.05) is 6.07 Å². The van der Waals surface area contributed by atoms with Crippen molar-refractivity contribution in [3.05, 3.63) is 42.1 Å². The van der Waals surface area contributed by atoms with Crippen LogP contribution in [0.4, 0.5) is 10.5 Å². The lowest BCUT2D eigenvalue weighted by atomic mass is 9.94. The minimum Gasteiger partial charge on any atom is -0.496 e. The second-order valence-electron chi connectivity index (χ2n) is 8.83. The van der Waals surface area contributed by atoms with Crippen LogP contribution in [-0.4, -0.2) is 57.5 Å². The van der Waals surface area contributed by atoms with Gasteiger partial charge in [0.15, 0.2) is 0 Å². The van der Waals surface area contributed by atoms with Crippen LogP contribution in [0.3, 0.4) is 0 Å². The number of aromatic nitrogens is 2. The van der Waals surface area contributed by atoms with Gasteiger partial charge in [-0.25, -0.2) is 9.79 Å². The van der Waals surface area contributed by atoms with Gasteiger partial charge in [0.25, 0.3) is 0 Å². The van der Waals surface area contributed by atoms with E-state index in [1.807, 2.05) is 37.0 Å². The summed E-state index contributed by atoms with van der Waals surface area (Å²) in [6.07, 6.45) is 3.50. The fraction of sp³-hybridized carbons (Fsp3) is 0.375. The molecule has 8 heteroatoms. The number of fused-ring (bicyclic) bond motifs is 2. The summed E-state index contributed by atoms with van der Waals surface area (Å²) in [6.45, 7) is 2.87. The molecule has 2 N–H and O–H groups in total. The van der Waals surface area contributed by atoms with Crippen LogP contribution < -0.4 is 10.1 Å². The first kappa shape index (κ1) is 20.5. The number of benzene rings is 2. The third kappa shape index (κ3) is 3.60. The number of amidine groups is 1. The second-order valence-corrected chi connectivity index (χ2v) is 8.83. The highest BCUT2D eigenvalue weighted by atomic mass is 16.5. The molecule has 32 heavy (non-hydrogen) atoms. The number of rotatable bonds is 2. The Bertz CT molecular complexity index is 1230. The van der Waals surface area contributed by atoms with Crippen molar-refractivity contribution in [2.24, 2.45) is 12.0 Å². The molecule has 0 unspecified atom stereocenters. The Morgan fingerprint density at radius 2 is 2.00 bits per heavy atom. The number of urea groups is 1. The molecule has 5 rings (SSSR count). The van der Waals surface area contributed by atoms with Crippen LogP contribution >= 0.6 is 0 Å². The minimum absolute atomic E-state index is 0.177. The van der Waals surface area contributed by atoms with E-state index in [1.54, 1.807) is 12.0 Å². The SMILES string of the molecule is COc1ccc(-c2ccc3c(cnn3C)c2)c2c1CC(NC(=O)N1CCC(C)(O)CC1)=N2. The first-order valence-corrected chi connectivity index (χ1v) is 10.8. The summed E-state index contributed by atoms with van der Waals surface area (Å²) in [5, 5.41) is 18.5. The van der Waals surface area contributed by atoms with Crippen LogP contribution in [0, 0.1) is 0 Å². The molecule has 0 saturated carbocycles. The Balaban J connectivity index is 1.43. The van der Waals surface area contributed by atoms with Crippen molar-refractivity contribution in [3.63, 3.8) is 0 Å². The Hall–Kier alpha value is -3.39. The van der Waals surface area contributed by atoms with E-state index in [4.69, 9.17) is 9.73 Å². The Morgan fingerprint density at radius 3 is 2.75 bits per heavy atom. The van der Waals surface area contributed by atoms with Crippen molar-refractivity contribution >= 4 is 28.5 Å². The average molecular weight is 434 g/mol. The second kappa shape index (κ2) is 7.63. The first-order valence-electron chi connectivity index (χ1n) is 10.8. The van der Waals surface area contributed by atoms with E-state index < -0.39 is 5.60 Å². The molecule has 2 aromatic carbocycles. The summed E-state index contributed by atoms with van der Waals surface area (Å²) in [4.78, 5) is 19.3. The van der Waals surface area contributed by atoms with Crippen molar-refractivity contribution < 1.29 is 14.6 Å². The van der Waals surface area contributed by atoms with Gasteiger partial charge < -0.3 is 14.7 Å². The fourth-order valence-corrected chi connectivity index (χ4v) is 4.48. The van der Waals surface area contributed by atoms with E-state index in [-0.39, 0.29) is 6.03 Å². The van der Waals surface area contributed by atoms with Crippen molar-refractivity contribution in [3.8, 4) is 16.9 Å². The number of methoxy groups -OCH3 is 1. The molecule has 0 atom stereocenters. The number of amides is 2. The molecule has 3 aromatic rings. The lowest BCUT2D eigenvalue weighted by Gasteiger charge is -2.35. The average Bonchev–Trinajstić information content (AvgIpc) is 3.36. The van der Waals surface area contributed by atoms with Gasteiger partial charge in [-0.2, -0.15) is 5.10 Å². The first-order chi connectivity index (χ1) is 15.3. The number of carbonyl (C=O) groups is 1. The molecular formula is C24H27N5O3. The lowest BCUT2D eigenvalue weighted by Crippen LogP contribution is -2.50. The van der Waals surface area contributed by atoms with Gasteiger partial charge in [-0.15, -0.1) is 0 Å². The molecule has 2 aliphatic heterocycles. The molecule has 1 aromatic heterocycles. The van der Waals surface area contributed by atoms with Crippen molar-refractivity contribution in [2.75, 3.05) is 20.2 Å². The van der Waals surface area contributed by atoms with Gasteiger partial charge in [0.1, 0.15) is 11.6 Å². The Labute approximate surface area is 186 Å². The molecule has 8 nitrogen and oxygen atoms in total. The molecule has 0 spiro atoms. The summed E-state index contributed by atoms with van der Waals surface area (Å²) in [7, 11) is 3.57. The third-order valence-corrected chi connectivity index (χ3v) is 6.49. The van der Waals surface area contributed by atoms with Gasteiger partial charge in [0.05, 0.1) is 30.1 Å². The largest absolute Gasteiger partial charge is 0.496 e. The van der Waals surface area contributed by atoms with Gasteiger partial charge in [-0.3, -0.25) is 10.00 Å². The molecule has 166 valence electrons. The minimum atomic E-state index is -0.699. The highest BCUT2D eigenvalue weighted by Crippen LogP contribution is 2.42. The normalized spacial score (nSPS) is 17.2. The summed E-state index contributed by atoms with van der Waals surface area (Å²) >= 11 is 0. The maximum absolute atomic E-state index is 12.8. The summed E-state index contributed by atoms with van der Waals surface area (Å²) in [5.74, 6) is 1.36. The molecule has 0 bridgehead atoms. The van der Waals surface area contributed by atoms with Gasteiger partial charge in [0, 0.05) is 43.1 Å². The quantitative estimate of drug-likeness (QED) is 0.648. The standard InChI is InChI=1S/C24H27N5O3/c1-24(31)8-10-29(11-9-24)23(30)27-21-13-18-20(32-3)7-5-17(22(18)26-21)15-4-6-19-16(12-15)14-25-28(19)2/h4-7,12,14,31H,8-11,13H2,1-3H3,(H,26,27,30). The van der Waals surface area contributed by atoms with E-state index in [2.05, 4.69) is 28.6 Å². The zero-order chi connectivity index (χ0) is 22.5. The number of nitrogens with one attached hydrogen (secondary N) is 1. The summed E-state index contributed by atoms with van der Waals surface area (Å²) in [6, 6.07) is 10.0. The number of aryl methyl sites for hydroxylation is 1. The zero-order valence-electron chi connectivity index (χ0n) is 18.6. The molecule has 1 saturated heterocycles. The maximum Gasteiger partial charge on any atom is 0.322 e. The summed E-state index contributed by atoms with van der Waals surface area (Å²) in [5.41, 5.74) is 4.19. The van der Waals surface area contributed by atoms with Gasteiger partial charge >= 0.3 is 6.03 Å². The smallest absolute Gasteiger partial charge is 0.322 e. The molecule has 1 fully saturated rings. The van der Waals surface area contributed by atoms with E-state index in [9.17, 15) is 9.90 Å². The Morgan fingerprint density at radius 1 is 1.22 bits per heavy atom. The van der Waals surface area contributed by atoms with Crippen LogP contribution in [0.5, 0.6) is 5.75 Å².